The Morgan fingerprint density at radius 3 is 2.94 bits per heavy atom. The van der Waals surface area contributed by atoms with E-state index in [0.29, 0.717) is 34.0 Å². The number of ether oxygens (including phenoxy) is 2. The van der Waals surface area contributed by atoms with Crippen molar-refractivity contribution in [2.24, 2.45) is 0 Å². The molecule has 1 N–H and O–H groups in total. The fourth-order valence-electron chi connectivity index (χ4n) is 3.01. The topological polar surface area (TPSA) is 95.3 Å². The van der Waals surface area contributed by atoms with E-state index in [1.54, 1.807) is 43.8 Å². The average Bonchev–Trinajstić information content (AvgIpc) is 3.28. The van der Waals surface area contributed by atoms with Crippen LogP contribution in [0.1, 0.15) is 12.0 Å². The molecule has 0 bridgehead atoms. The molecular weight excluding hydrogens is 416 g/mol. The van der Waals surface area contributed by atoms with Gasteiger partial charge in [0.25, 0.3) is 5.56 Å². The van der Waals surface area contributed by atoms with E-state index in [2.05, 4.69) is 15.3 Å². The van der Waals surface area contributed by atoms with E-state index in [4.69, 9.17) is 9.47 Å². The third-order valence-electron chi connectivity index (χ3n) is 4.59. The minimum Gasteiger partial charge on any atom is -0.493 e. The molecule has 8 nitrogen and oxygen atoms in total. The quantitative estimate of drug-likeness (QED) is 0.454. The zero-order chi connectivity index (χ0) is 21.6. The summed E-state index contributed by atoms with van der Waals surface area (Å²) in [5, 5.41) is 5.23. The Balaban J connectivity index is 1.40. The Bertz CT molecular complexity index is 1250. The molecule has 0 fully saturated rings. The SMILES string of the molecule is COc1ccc(NC(=O)CCn2cnc3sccc3c2=O)cc1OCc1cccnc1. The molecule has 0 saturated carbocycles. The third kappa shape index (κ3) is 4.89. The van der Waals surface area contributed by atoms with Gasteiger partial charge in [-0.25, -0.2) is 4.98 Å². The fourth-order valence-corrected chi connectivity index (χ4v) is 3.73. The van der Waals surface area contributed by atoms with Crippen LogP contribution in [0.3, 0.4) is 0 Å². The van der Waals surface area contributed by atoms with E-state index >= 15 is 0 Å². The molecule has 0 saturated heterocycles. The molecule has 0 unspecified atom stereocenters. The first-order valence-electron chi connectivity index (χ1n) is 9.56. The summed E-state index contributed by atoms with van der Waals surface area (Å²) in [5.41, 5.74) is 1.35. The standard InChI is InChI=1S/C22H20N4O4S/c1-29-18-5-4-16(11-19(18)30-13-15-3-2-8-23-12-15)25-20(27)6-9-26-14-24-21-17(22(26)28)7-10-31-21/h2-5,7-8,10-12,14H,6,9,13H2,1H3,(H,25,27). The molecule has 4 rings (SSSR count). The van der Waals surface area contributed by atoms with Crippen LogP contribution in [0, 0.1) is 0 Å². The Morgan fingerprint density at radius 1 is 1.23 bits per heavy atom. The van der Waals surface area contributed by atoms with Gasteiger partial charge < -0.3 is 14.8 Å². The number of nitrogens with zero attached hydrogens (tertiary/aromatic N) is 3. The van der Waals surface area contributed by atoms with Crippen molar-refractivity contribution >= 4 is 33.1 Å². The highest BCUT2D eigenvalue weighted by atomic mass is 32.1. The second kappa shape index (κ2) is 9.40. The van der Waals surface area contributed by atoms with Crippen molar-refractivity contribution in [3.63, 3.8) is 0 Å². The number of aryl methyl sites for hydroxylation is 1. The van der Waals surface area contributed by atoms with Crippen LogP contribution in [-0.2, 0) is 17.9 Å². The molecule has 31 heavy (non-hydrogen) atoms. The van der Waals surface area contributed by atoms with Crippen LogP contribution in [0.2, 0.25) is 0 Å². The number of hydrogen-bond acceptors (Lipinski definition) is 7. The van der Waals surface area contributed by atoms with Gasteiger partial charge in [0.2, 0.25) is 5.91 Å². The highest BCUT2D eigenvalue weighted by molar-refractivity contribution is 7.16. The van der Waals surface area contributed by atoms with Gasteiger partial charge in [-0.1, -0.05) is 6.07 Å². The molecule has 0 atom stereocenters. The van der Waals surface area contributed by atoms with Crippen molar-refractivity contribution in [2.45, 2.75) is 19.6 Å². The van der Waals surface area contributed by atoms with Crippen molar-refractivity contribution in [2.75, 3.05) is 12.4 Å². The number of methoxy groups -OCH3 is 1. The van der Waals surface area contributed by atoms with Crippen LogP contribution in [0.25, 0.3) is 10.2 Å². The first-order chi connectivity index (χ1) is 15.1. The number of nitrogens with one attached hydrogen (secondary N) is 1. The molecule has 158 valence electrons. The lowest BCUT2D eigenvalue weighted by Gasteiger charge is -2.13. The van der Waals surface area contributed by atoms with Crippen LogP contribution in [-0.4, -0.2) is 27.6 Å². The van der Waals surface area contributed by atoms with E-state index in [9.17, 15) is 9.59 Å². The molecule has 4 aromatic rings. The second-order valence-electron chi connectivity index (χ2n) is 6.70. The lowest BCUT2D eigenvalue weighted by atomic mass is 10.2. The number of thiophene rings is 1. The third-order valence-corrected chi connectivity index (χ3v) is 5.42. The minimum atomic E-state index is -0.222. The Labute approximate surface area is 182 Å². The number of carbonyl (C=O) groups is 1. The predicted octanol–water partition coefficient (Wildman–Crippen LogP) is 3.47. The van der Waals surface area contributed by atoms with E-state index in [-0.39, 0.29) is 24.4 Å². The average molecular weight is 436 g/mol. The minimum absolute atomic E-state index is 0.134. The first-order valence-corrected chi connectivity index (χ1v) is 10.4. The summed E-state index contributed by atoms with van der Waals surface area (Å²) in [6, 6.07) is 10.7. The van der Waals surface area contributed by atoms with E-state index in [0.717, 1.165) is 5.56 Å². The number of anilines is 1. The molecule has 3 heterocycles. The maximum Gasteiger partial charge on any atom is 0.262 e. The van der Waals surface area contributed by atoms with Crippen LogP contribution in [0.15, 0.2) is 65.3 Å². The van der Waals surface area contributed by atoms with E-state index < -0.39 is 0 Å². The fraction of sp³-hybridized carbons (Fsp3) is 0.182. The number of rotatable bonds is 8. The predicted molar refractivity (Wildman–Crippen MR) is 119 cm³/mol. The second-order valence-corrected chi connectivity index (χ2v) is 7.59. The zero-order valence-corrected chi connectivity index (χ0v) is 17.6. The number of benzene rings is 1. The van der Waals surface area contributed by atoms with Crippen LogP contribution in [0.5, 0.6) is 11.5 Å². The zero-order valence-electron chi connectivity index (χ0n) is 16.8. The summed E-state index contributed by atoms with van der Waals surface area (Å²) >= 11 is 1.41. The summed E-state index contributed by atoms with van der Waals surface area (Å²) in [7, 11) is 1.56. The van der Waals surface area contributed by atoms with Crippen LogP contribution < -0.4 is 20.3 Å². The van der Waals surface area contributed by atoms with Gasteiger partial charge in [0.1, 0.15) is 11.4 Å². The Hall–Kier alpha value is -3.72. The maximum absolute atomic E-state index is 12.4. The van der Waals surface area contributed by atoms with Gasteiger partial charge in [-0.2, -0.15) is 0 Å². The molecule has 0 aliphatic carbocycles. The number of hydrogen-bond donors (Lipinski definition) is 1. The summed E-state index contributed by atoms with van der Waals surface area (Å²) in [6.07, 6.45) is 5.03. The van der Waals surface area contributed by atoms with Crippen molar-refractivity contribution in [1.82, 2.24) is 14.5 Å². The smallest absolute Gasteiger partial charge is 0.262 e. The molecule has 0 aliphatic heterocycles. The summed E-state index contributed by atoms with van der Waals surface area (Å²) in [6.45, 7) is 0.562. The summed E-state index contributed by atoms with van der Waals surface area (Å²) in [4.78, 5) is 33.9. The highest BCUT2D eigenvalue weighted by Gasteiger charge is 2.11. The van der Waals surface area contributed by atoms with Gasteiger partial charge in [0.15, 0.2) is 11.5 Å². The lowest BCUT2D eigenvalue weighted by Crippen LogP contribution is -2.23. The normalized spacial score (nSPS) is 10.7. The Kier molecular flexibility index (Phi) is 6.23. The largest absolute Gasteiger partial charge is 0.493 e. The monoisotopic (exact) mass is 436 g/mol. The van der Waals surface area contributed by atoms with Gasteiger partial charge in [0.05, 0.1) is 18.8 Å². The highest BCUT2D eigenvalue weighted by Crippen LogP contribution is 2.31. The van der Waals surface area contributed by atoms with Gasteiger partial charge in [-0.15, -0.1) is 11.3 Å². The van der Waals surface area contributed by atoms with Crippen LogP contribution >= 0.6 is 11.3 Å². The summed E-state index contributed by atoms with van der Waals surface area (Å²) < 4.78 is 12.6. The number of amides is 1. The van der Waals surface area contributed by atoms with Gasteiger partial charge in [0, 0.05) is 42.7 Å². The molecule has 3 aromatic heterocycles. The first kappa shape index (κ1) is 20.5. The Morgan fingerprint density at radius 2 is 2.13 bits per heavy atom. The van der Waals surface area contributed by atoms with Crippen molar-refractivity contribution in [3.05, 3.63) is 76.4 Å². The molecule has 1 amide bonds. The number of carbonyl (C=O) groups excluding carboxylic acids is 1. The number of pyridine rings is 1. The number of fused-ring (bicyclic) bond motifs is 1. The lowest BCUT2D eigenvalue weighted by molar-refractivity contribution is -0.116. The van der Waals surface area contributed by atoms with Crippen LogP contribution in [0.4, 0.5) is 5.69 Å². The van der Waals surface area contributed by atoms with E-state index in [1.165, 1.54) is 22.2 Å². The van der Waals surface area contributed by atoms with Crippen molar-refractivity contribution in [3.8, 4) is 11.5 Å². The molecular formula is C22H20N4O4S. The molecule has 0 radical (unpaired) electrons. The summed E-state index contributed by atoms with van der Waals surface area (Å²) in [5.74, 6) is 0.844. The van der Waals surface area contributed by atoms with Gasteiger partial charge >= 0.3 is 0 Å². The van der Waals surface area contributed by atoms with E-state index in [1.807, 2.05) is 17.5 Å². The van der Waals surface area contributed by atoms with Crippen molar-refractivity contribution < 1.29 is 14.3 Å². The molecule has 1 aromatic carbocycles. The number of aromatic nitrogens is 3. The maximum atomic E-state index is 12.4. The van der Waals surface area contributed by atoms with Gasteiger partial charge in [-0.3, -0.25) is 19.1 Å². The van der Waals surface area contributed by atoms with Gasteiger partial charge in [-0.05, 0) is 29.6 Å². The molecule has 9 heteroatoms. The molecule has 0 spiro atoms. The molecule has 0 aliphatic rings. The van der Waals surface area contributed by atoms with Crippen molar-refractivity contribution in [1.29, 1.82) is 0 Å².